The summed E-state index contributed by atoms with van der Waals surface area (Å²) in [4.78, 5) is 16.8. The van der Waals surface area contributed by atoms with Crippen LogP contribution in [0.5, 0.6) is 0 Å². The number of amides is 1. The molecule has 1 atom stereocenters. The van der Waals surface area contributed by atoms with Crippen LogP contribution in [0.1, 0.15) is 31.1 Å². The van der Waals surface area contributed by atoms with E-state index in [1.54, 1.807) is 11.8 Å². The highest BCUT2D eigenvalue weighted by Gasteiger charge is 2.24. The van der Waals surface area contributed by atoms with E-state index in [0.29, 0.717) is 0 Å². The maximum atomic E-state index is 12.7. The largest absolute Gasteiger partial charge is 0.342 e. The van der Waals surface area contributed by atoms with Crippen molar-refractivity contribution in [3.63, 3.8) is 0 Å². The van der Waals surface area contributed by atoms with Crippen molar-refractivity contribution in [3.8, 4) is 0 Å². The molecular weight excluding hydrogens is 280 g/mol. The molecule has 118 valence electrons. The number of nitrogens with zero attached hydrogens (tertiary/aromatic N) is 2. The Morgan fingerprint density at radius 1 is 1.14 bits per heavy atom. The standard InChI is InChI=1S/C17H28N2OS/c1-5-19(6-2)17(20)16(15-11-8-7-9-12-15)21-14-10-13-18(3)4/h7-9,11-12,16H,5-6,10,13-14H2,1-4H3/t16-/m0/s1. The van der Waals surface area contributed by atoms with E-state index >= 15 is 0 Å². The van der Waals surface area contributed by atoms with Crippen molar-refractivity contribution >= 4 is 17.7 Å². The molecular formula is C17H28N2OS. The molecule has 0 radical (unpaired) electrons. The molecule has 0 aromatic heterocycles. The summed E-state index contributed by atoms with van der Waals surface area (Å²) in [5.74, 6) is 1.24. The van der Waals surface area contributed by atoms with Gasteiger partial charge >= 0.3 is 0 Å². The third-order valence-electron chi connectivity index (χ3n) is 3.44. The van der Waals surface area contributed by atoms with Crippen LogP contribution in [0.2, 0.25) is 0 Å². The summed E-state index contributed by atoms with van der Waals surface area (Å²) >= 11 is 1.77. The van der Waals surface area contributed by atoms with Crippen molar-refractivity contribution < 1.29 is 4.79 Å². The molecule has 0 fully saturated rings. The fourth-order valence-electron chi connectivity index (χ4n) is 2.22. The average molecular weight is 308 g/mol. The quantitative estimate of drug-likeness (QED) is 0.654. The Morgan fingerprint density at radius 3 is 2.29 bits per heavy atom. The molecule has 0 N–H and O–H groups in total. The molecule has 0 unspecified atom stereocenters. The van der Waals surface area contributed by atoms with Gasteiger partial charge in [0.05, 0.1) is 0 Å². The zero-order valence-electron chi connectivity index (χ0n) is 13.7. The number of likely N-dealkylation sites (N-methyl/N-ethyl adjacent to an activating group) is 1. The minimum Gasteiger partial charge on any atom is -0.342 e. The molecule has 4 heteroatoms. The summed E-state index contributed by atoms with van der Waals surface area (Å²) in [5.41, 5.74) is 1.12. The van der Waals surface area contributed by atoms with Crippen LogP contribution in [0.25, 0.3) is 0 Å². The topological polar surface area (TPSA) is 23.6 Å². The number of benzene rings is 1. The second-order valence-corrected chi connectivity index (χ2v) is 6.54. The Kier molecular flexibility index (Phi) is 8.47. The van der Waals surface area contributed by atoms with E-state index in [4.69, 9.17) is 0 Å². The molecule has 0 aliphatic rings. The van der Waals surface area contributed by atoms with E-state index in [1.165, 1.54) is 0 Å². The van der Waals surface area contributed by atoms with Crippen LogP contribution in [0.15, 0.2) is 30.3 Å². The van der Waals surface area contributed by atoms with Crippen LogP contribution < -0.4 is 0 Å². The monoisotopic (exact) mass is 308 g/mol. The minimum atomic E-state index is -0.0757. The van der Waals surface area contributed by atoms with Crippen molar-refractivity contribution in [2.24, 2.45) is 0 Å². The third-order valence-corrected chi connectivity index (χ3v) is 4.77. The highest BCUT2D eigenvalue weighted by atomic mass is 32.2. The third kappa shape index (κ3) is 6.10. The summed E-state index contributed by atoms with van der Waals surface area (Å²) in [6.45, 7) is 6.70. The molecule has 0 saturated carbocycles. The predicted octanol–water partition coefficient (Wildman–Crippen LogP) is 3.28. The van der Waals surface area contributed by atoms with Crippen LogP contribution in [-0.4, -0.2) is 55.2 Å². The summed E-state index contributed by atoms with van der Waals surface area (Å²) in [7, 11) is 4.17. The van der Waals surface area contributed by atoms with Gasteiger partial charge in [-0.25, -0.2) is 0 Å². The first-order valence-electron chi connectivity index (χ1n) is 7.70. The van der Waals surface area contributed by atoms with Crippen LogP contribution in [0.4, 0.5) is 0 Å². The van der Waals surface area contributed by atoms with Gasteiger partial charge in [-0.15, -0.1) is 11.8 Å². The van der Waals surface area contributed by atoms with E-state index in [2.05, 4.69) is 31.1 Å². The summed E-state index contributed by atoms with van der Waals surface area (Å²) in [6, 6.07) is 10.1. The van der Waals surface area contributed by atoms with Crippen molar-refractivity contribution in [2.75, 3.05) is 39.5 Å². The molecule has 0 heterocycles. The van der Waals surface area contributed by atoms with E-state index in [1.807, 2.05) is 36.9 Å². The number of carbonyl (C=O) groups is 1. The van der Waals surface area contributed by atoms with Gasteiger partial charge < -0.3 is 9.80 Å². The number of carbonyl (C=O) groups excluding carboxylic acids is 1. The van der Waals surface area contributed by atoms with Gasteiger partial charge in [-0.05, 0) is 52.2 Å². The Hall–Kier alpha value is -1.00. The van der Waals surface area contributed by atoms with Crippen LogP contribution in [-0.2, 0) is 4.79 Å². The van der Waals surface area contributed by atoms with Gasteiger partial charge in [0, 0.05) is 13.1 Å². The Labute approximate surface area is 133 Å². The van der Waals surface area contributed by atoms with Gasteiger partial charge in [0.1, 0.15) is 5.25 Å². The average Bonchev–Trinajstić information content (AvgIpc) is 2.49. The zero-order chi connectivity index (χ0) is 15.7. The van der Waals surface area contributed by atoms with Gasteiger partial charge in [0.2, 0.25) is 5.91 Å². The normalized spacial score (nSPS) is 12.4. The number of hydrogen-bond donors (Lipinski definition) is 0. The maximum absolute atomic E-state index is 12.7. The first-order valence-corrected chi connectivity index (χ1v) is 8.75. The van der Waals surface area contributed by atoms with Gasteiger partial charge in [-0.3, -0.25) is 4.79 Å². The Bertz CT molecular complexity index is 405. The lowest BCUT2D eigenvalue weighted by Crippen LogP contribution is -2.34. The summed E-state index contributed by atoms with van der Waals surface area (Å²) in [5, 5.41) is -0.0757. The van der Waals surface area contributed by atoms with E-state index < -0.39 is 0 Å². The second kappa shape index (κ2) is 9.85. The number of thioether (sulfide) groups is 1. The van der Waals surface area contributed by atoms with Crippen molar-refractivity contribution in [1.29, 1.82) is 0 Å². The molecule has 0 saturated heterocycles. The fraction of sp³-hybridized carbons (Fsp3) is 0.588. The molecule has 3 nitrogen and oxygen atoms in total. The number of rotatable bonds is 9. The smallest absolute Gasteiger partial charge is 0.240 e. The highest BCUT2D eigenvalue weighted by molar-refractivity contribution is 8.00. The molecule has 1 amide bonds. The fourth-order valence-corrected chi connectivity index (χ4v) is 3.39. The first-order chi connectivity index (χ1) is 10.1. The van der Waals surface area contributed by atoms with Gasteiger partial charge in [-0.1, -0.05) is 30.3 Å². The zero-order valence-corrected chi connectivity index (χ0v) is 14.5. The van der Waals surface area contributed by atoms with Crippen LogP contribution >= 0.6 is 11.8 Å². The Morgan fingerprint density at radius 2 is 1.76 bits per heavy atom. The van der Waals surface area contributed by atoms with Gasteiger partial charge in [-0.2, -0.15) is 0 Å². The summed E-state index contributed by atoms with van der Waals surface area (Å²) < 4.78 is 0. The number of hydrogen-bond acceptors (Lipinski definition) is 3. The molecule has 0 aliphatic carbocycles. The summed E-state index contributed by atoms with van der Waals surface area (Å²) in [6.07, 6.45) is 1.10. The van der Waals surface area contributed by atoms with Crippen molar-refractivity contribution in [3.05, 3.63) is 35.9 Å². The second-order valence-electron chi connectivity index (χ2n) is 5.33. The first kappa shape index (κ1) is 18.1. The predicted molar refractivity (Wildman–Crippen MR) is 92.7 cm³/mol. The molecule has 21 heavy (non-hydrogen) atoms. The van der Waals surface area contributed by atoms with Crippen LogP contribution in [0, 0.1) is 0 Å². The molecule has 1 rings (SSSR count). The Balaban J connectivity index is 2.73. The van der Waals surface area contributed by atoms with Gasteiger partial charge in [0.15, 0.2) is 0 Å². The van der Waals surface area contributed by atoms with Crippen molar-refractivity contribution in [1.82, 2.24) is 9.80 Å². The lowest BCUT2D eigenvalue weighted by molar-refractivity contribution is -0.130. The molecule has 1 aromatic carbocycles. The van der Waals surface area contributed by atoms with Crippen molar-refractivity contribution in [2.45, 2.75) is 25.5 Å². The molecule has 0 aliphatic heterocycles. The highest BCUT2D eigenvalue weighted by Crippen LogP contribution is 2.31. The maximum Gasteiger partial charge on any atom is 0.240 e. The SMILES string of the molecule is CCN(CC)C(=O)[C@@H](SCCCN(C)C)c1ccccc1. The molecule has 0 bridgehead atoms. The lowest BCUT2D eigenvalue weighted by atomic mass is 10.1. The lowest BCUT2D eigenvalue weighted by Gasteiger charge is -2.25. The molecule has 1 aromatic rings. The van der Waals surface area contributed by atoms with E-state index in [0.717, 1.165) is 37.4 Å². The van der Waals surface area contributed by atoms with E-state index in [9.17, 15) is 4.79 Å². The minimum absolute atomic E-state index is 0.0757. The van der Waals surface area contributed by atoms with Crippen LogP contribution in [0.3, 0.4) is 0 Å². The molecule has 0 spiro atoms. The van der Waals surface area contributed by atoms with Gasteiger partial charge in [0.25, 0.3) is 0 Å². The van der Waals surface area contributed by atoms with E-state index in [-0.39, 0.29) is 11.2 Å².